The summed E-state index contributed by atoms with van der Waals surface area (Å²) < 4.78 is 0. The number of pyridine rings is 1. The van der Waals surface area contributed by atoms with E-state index in [-0.39, 0.29) is 24.2 Å². The summed E-state index contributed by atoms with van der Waals surface area (Å²) in [5.41, 5.74) is 0.806. The Balaban J connectivity index is 2.82. The lowest BCUT2D eigenvalue weighted by Gasteiger charge is -2.18. The largest absolute Gasteiger partial charge is 0.384 e. The van der Waals surface area contributed by atoms with E-state index < -0.39 is 0 Å². The van der Waals surface area contributed by atoms with Gasteiger partial charge in [0.1, 0.15) is 12.3 Å². The van der Waals surface area contributed by atoms with E-state index >= 15 is 0 Å². The van der Waals surface area contributed by atoms with Crippen LogP contribution in [0.1, 0.15) is 23.0 Å². The van der Waals surface area contributed by atoms with Crippen molar-refractivity contribution in [3.63, 3.8) is 0 Å². The molecule has 1 rings (SSSR count). The number of carbonyl (C=O) groups is 1. The zero-order valence-corrected chi connectivity index (χ0v) is 11.5. The van der Waals surface area contributed by atoms with E-state index in [2.05, 4.69) is 22.1 Å². The molecule has 0 aliphatic carbocycles. The molecule has 0 aliphatic rings. The van der Waals surface area contributed by atoms with E-state index in [0.717, 1.165) is 6.54 Å². The summed E-state index contributed by atoms with van der Waals surface area (Å²) in [5, 5.41) is 11.6. The minimum absolute atomic E-state index is 0.0168. The minimum Gasteiger partial charge on any atom is -0.384 e. The van der Waals surface area contributed by atoms with Gasteiger partial charge < -0.3 is 15.3 Å². The topological polar surface area (TPSA) is 65.5 Å². The summed E-state index contributed by atoms with van der Waals surface area (Å²) in [6, 6.07) is 3.44. The predicted octanol–water partition coefficient (Wildman–Crippen LogP) is 0.105. The van der Waals surface area contributed by atoms with Gasteiger partial charge in [0, 0.05) is 18.8 Å². The zero-order chi connectivity index (χ0) is 14.3. The summed E-state index contributed by atoms with van der Waals surface area (Å²) in [4.78, 5) is 18.1. The molecule has 102 valence electrons. The van der Waals surface area contributed by atoms with Crippen molar-refractivity contribution in [2.75, 3.05) is 27.2 Å². The molecule has 0 radical (unpaired) electrons. The Kier molecular flexibility index (Phi) is 6.00. The SMILES string of the molecule is CC(CN(C)C)NC(=O)c1ncccc1C#CCO. The number of nitrogens with one attached hydrogen (secondary N) is 1. The van der Waals surface area contributed by atoms with Crippen molar-refractivity contribution in [2.24, 2.45) is 0 Å². The number of aromatic nitrogens is 1. The molecular formula is C14H19N3O2. The molecule has 1 heterocycles. The third-order valence-corrected chi connectivity index (χ3v) is 2.34. The van der Waals surface area contributed by atoms with E-state index in [4.69, 9.17) is 5.11 Å². The first-order valence-electron chi connectivity index (χ1n) is 6.05. The number of nitrogens with zero attached hydrogens (tertiary/aromatic N) is 2. The van der Waals surface area contributed by atoms with Crippen molar-refractivity contribution in [3.8, 4) is 11.8 Å². The van der Waals surface area contributed by atoms with Gasteiger partial charge in [-0.25, -0.2) is 4.98 Å². The van der Waals surface area contributed by atoms with Crippen LogP contribution in [0, 0.1) is 11.8 Å². The second kappa shape index (κ2) is 7.52. The summed E-state index contributed by atoms with van der Waals surface area (Å²) in [7, 11) is 3.89. The average Bonchev–Trinajstić information content (AvgIpc) is 2.35. The smallest absolute Gasteiger partial charge is 0.271 e. The van der Waals surface area contributed by atoms with Crippen LogP contribution in [0.15, 0.2) is 18.3 Å². The second-order valence-corrected chi connectivity index (χ2v) is 4.50. The molecular weight excluding hydrogens is 242 g/mol. The molecule has 0 aromatic carbocycles. The van der Waals surface area contributed by atoms with Gasteiger partial charge in [-0.3, -0.25) is 4.79 Å². The maximum Gasteiger partial charge on any atom is 0.271 e. The van der Waals surface area contributed by atoms with Crippen molar-refractivity contribution >= 4 is 5.91 Å². The normalized spacial score (nSPS) is 11.6. The molecule has 1 amide bonds. The highest BCUT2D eigenvalue weighted by Gasteiger charge is 2.14. The van der Waals surface area contributed by atoms with E-state index in [0.29, 0.717) is 5.56 Å². The van der Waals surface area contributed by atoms with Crippen LogP contribution >= 0.6 is 0 Å². The monoisotopic (exact) mass is 261 g/mol. The molecule has 0 saturated carbocycles. The highest BCUT2D eigenvalue weighted by molar-refractivity contribution is 5.94. The quantitative estimate of drug-likeness (QED) is 0.755. The fourth-order valence-electron chi connectivity index (χ4n) is 1.71. The van der Waals surface area contributed by atoms with Gasteiger partial charge in [0.2, 0.25) is 0 Å². The summed E-state index contributed by atoms with van der Waals surface area (Å²) in [5.74, 6) is 4.99. The van der Waals surface area contributed by atoms with Gasteiger partial charge in [-0.15, -0.1) is 0 Å². The molecule has 0 aliphatic heterocycles. The number of aliphatic hydroxyl groups excluding tert-OH is 1. The fraction of sp³-hybridized carbons (Fsp3) is 0.429. The van der Waals surface area contributed by atoms with Crippen LogP contribution in [0.25, 0.3) is 0 Å². The number of hydrogen-bond acceptors (Lipinski definition) is 4. The Morgan fingerprint density at radius 2 is 2.32 bits per heavy atom. The molecule has 1 aromatic rings. The van der Waals surface area contributed by atoms with Gasteiger partial charge in [0.25, 0.3) is 5.91 Å². The van der Waals surface area contributed by atoms with Crippen molar-refractivity contribution in [3.05, 3.63) is 29.6 Å². The molecule has 0 fully saturated rings. The van der Waals surface area contributed by atoms with Crippen LogP contribution in [-0.2, 0) is 0 Å². The van der Waals surface area contributed by atoms with E-state index in [1.165, 1.54) is 0 Å². The molecule has 2 N–H and O–H groups in total. The molecule has 0 bridgehead atoms. The molecule has 0 saturated heterocycles. The lowest BCUT2D eigenvalue weighted by Crippen LogP contribution is -2.40. The Hall–Kier alpha value is -1.90. The summed E-state index contributed by atoms with van der Waals surface area (Å²) in [6.45, 7) is 2.43. The van der Waals surface area contributed by atoms with Crippen molar-refractivity contribution in [1.29, 1.82) is 0 Å². The predicted molar refractivity (Wildman–Crippen MR) is 73.7 cm³/mol. The molecule has 1 unspecified atom stereocenters. The number of likely N-dealkylation sites (N-methyl/N-ethyl adjacent to an activating group) is 1. The van der Waals surface area contributed by atoms with Crippen molar-refractivity contribution in [1.82, 2.24) is 15.2 Å². The summed E-state index contributed by atoms with van der Waals surface area (Å²) in [6.07, 6.45) is 1.55. The maximum absolute atomic E-state index is 12.1. The fourth-order valence-corrected chi connectivity index (χ4v) is 1.71. The van der Waals surface area contributed by atoms with Gasteiger partial charge >= 0.3 is 0 Å². The second-order valence-electron chi connectivity index (χ2n) is 4.50. The highest BCUT2D eigenvalue weighted by Crippen LogP contribution is 2.04. The Labute approximate surface area is 113 Å². The first kappa shape index (κ1) is 15.2. The molecule has 19 heavy (non-hydrogen) atoms. The maximum atomic E-state index is 12.1. The third-order valence-electron chi connectivity index (χ3n) is 2.34. The van der Waals surface area contributed by atoms with Gasteiger partial charge in [-0.05, 0) is 33.2 Å². The van der Waals surface area contributed by atoms with Crippen molar-refractivity contribution in [2.45, 2.75) is 13.0 Å². The molecule has 5 heteroatoms. The third kappa shape index (κ3) is 5.08. The van der Waals surface area contributed by atoms with Crippen LogP contribution in [-0.4, -0.2) is 54.2 Å². The van der Waals surface area contributed by atoms with E-state index in [9.17, 15) is 4.79 Å². The number of carbonyl (C=O) groups excluding carboxylic acids is 1. The summed E-state index contributed by atoms with van der Waals surface area (Å²) >= 11 is 0. The van der Waals surface area contributed by atoms with Gasteiger partial charge in [-0.1, -0.05) is 11.8 Å². The number of hydrogen-bond donors (Lipinski definition) is 2. The van der Waals surface area contributed by atoms with Gasteiger partial charge in [0.05, 0.1) is 5.56 Å². The van der Waals surface area contributed by atoms with E-state index in [1.54, 1.807) is 18.3 Å². The number of rotatable bonds is 4. The van der Waals surface area contributed by atoms with Crippen LogP contribution in [0.2, 0.25) is 0 Å². The molecule has 1 atom stereocenters. The number of amides is 1. The Bertz CT molecular complexity index is 489. The van der Waals surface area contributed by atoms with Crippen LogP contribution in [0.5, 0.6) is 0 Å². The van der Waals surface area contributed by atoms with Crippen LogP contribution < -0.4 is 5.32 Å². The zero-order valence-electron chi connectivity index (χ0n) is 11.5. The first-order chi connectivity index (χ1) is 9.04. The Morgan fingerprint density at radius 1 is 1.58 bits per heavy atom. The molecule has 1 aromatic heterocycles. The van der Waals surface area contributed by atoms with Crippen LogP contribution in [0.3, 0.4) is 0 Å². The molecule has 5 nitrogen and oxygen atoms in total. The minimum atomic E-state index is -0.253. The highest BCUT2D eigenvalue weighted by atomic mass is 16.2. The van der Waals surface area contributed by atoms with Crippen LogP contribution in [0.4, 0.5) is 0 Å². The number of aliphatic hydroxyl groups is 1. The molecule has 0 spiro atoms. The van der Waals surface area contributed by atoms with Crippen molar-refractivity contribution < 1.29 is 9.90 Å². The van der Waals surface area contributed by atoms with E-state index in [1.807, 2.05) is 25.9 Å². The van der Waals surface area contributed by atoms with Gasteiger partial charge in [0.15, 0.2) is 0 Å². The average molecular weight is 261 g/mol. The first-order valence-corrected chi connectivity index (χ1v) is 6.05. The Morgan fingerprint density at radius 3 is 2.95 bits per heavy atom. The standard InChI is InChI=1S/C14H19N3O2/c1-11(10-17(2)3)16-14(19)13-12(7-5-9-18)6-4-8-15-13/h4,6,8,11,18H,9-10H2,1-3H3,(H,16,19). The lowest BCUT2D eigenvalue weighted by atomic mass is 10.1. The van der Waals surface area contributed by atoms with Gasteiger partial charge in [-0.2, -0.15) is 0 Å². The lowest BCUT2D eigenvalue weighted by molar-refractivity contribution is 0.0929.